The summed E-state index contributed by atoms with van der Waals surface area (Å²) < 4.78 is 4.86. The number of nitrogens with zero attached hydrogens (tertiary/aromatic N) is 1. The van der Waals surface area contributed by atoms with Crippen molar-refractivity contribution in [2.75, 3.05) is 51.1 Å². The van der Waals surface area contributed by atoms with Crippen LogP contribution in [0, 0.1) is 0 Å². The highest BCUT2D eigenvalue weighted by molar-refractivity contribution is 5.82. The molecule has 0 heterocycles. The number of hydrogen-bond donors (Lipinski definition) is 2. The molecule has 0 aromatic heterocycles. The number of hydrogen-bond acceptors (Lipinski definition) is 4. The Hall–Kier alpha value is -1.75. The van der Waals surface area contributed by atoms with Crippen LogP contribution in [0.2, 0.25) is 0 Å². The first-order chi connectivity index (χ1) is 8.65. The summed E-state index contributed by atoms with van der Waals surface area (Å²) in [6, 6.07) is 7.88. The van der Waals surface area contributed by atoms with Crippen molar-refractivity contribution in [3.63, 3.8) is 0 Å². The monoisotopic (exact) mass is 251 g/mol. The third-order valence-electron chi connectivity index (χ3n) is 2.45. The Morgan fingerprint density at radius 2 is 2.06 bits per heavy atom. The van der Waals surface area contributed by atoms with Gasteiger partial charge in [-0.05, 0) is 12.1 Å². The van der Waals surface area contributed by atoms with Crippen molar-refractivity contribution >= 4 is 17.3 Å². The normalized spacial score (nSPS) is 9.94. The van der Waals surface area contributed by atoms with Gasteiger partial charge in [0.1, 0.15) is 0 Å². The van der Waals surface area contributed by atoms with Gasteiger partial charge >= 0.3 is 0 Å². The van der Waals surface area contributed by atoms with Gasteiger partial charge in [-0.1, -0.05) is 12.1 Å². The Kier molecular flexibility index (Phi) is 6.00. The van der Waals surface area contributed by atoms with Crippen LogP contribution in [0.3, 0.4) is 0 Å². The van der Waals surface area contributed by atoms with Crippen molar-refractivity contribution in [2.45, 2.75) is 0 Å². The Balaban J connectivity index is 2.45. The first-order valence-electron chi connectivity index (χ1n) is 5.91. The molecule has 5 nitrogen and oxygen atoms in total. The molecule has 18 heavy (non-hydrogen) atoms. The summed E-state index contributed by atoms with van der Waals surface area (Å²) >= 11 is 0. The smallest absolute Gasteiger partial charge is 0.239 e. The van der Waals surface area contributed by atoms with E-state index >= 15 is 0 Å². The lowest BCUT2D eigenvalue weighted by molar-refractivity contribution is -0.119. The quantitative estimate of drug-likeness (QED) is 0.708. The molecular formula is C13H21N3O2. The minimum atomic E-state index is -0.0411. The van der Waals surface area contributed by atoms with Crippen LogP contribution in [0.5, 0.6) is 0 Å². The third-order valence-corrected chi connectivity index (χ3v) is 2.45. The lowest BCUT2D eigenvalue weighted by Crippen LogP contribution is -2.32. The molecule has 0 radical (unpaired) electrons. The van der Waals surface area contributed by atoms with Gasteiger partial charge < -0.3 is 20.3 Å². The molecule has 1 amide bonds. The Morgan fingerprint density at radius 3 is 2.72 bits per heavy atom. The predicted octanol–water partition coefficient (Wildman–Crippen LogP) is 0.927. The first-order valence-corrected chi connectivity index (χ1v) is 5.91. The van der Waals surface area contributed by atoms with E-state index in [0.717, 1.165) is 11.4 Å². The number of rotatable bonds is 7. The Bertz CT molecular complexity index is 380. The van der Waals surface area contributed by atoms with Crippen LogP contribution >= 0.6 is 0 Å². The van der Waals surface area contributed by atoms with E-state index in [1.165, 1.54) is 0 Å². The topological polar surface area (TPSA) is 53.6 Å². The van der Waals surface area contributed by atoms with E-state index in [1.807, 2.05) is 43.3 Å². The minimum Gasteiger partial charge on any atom is -0.383 e. The zero-order valence-electron chi connectivity index (χ0n) is 11.2. The fourth-order valence-electron chi connectivity index (χ4n) is 1.54. The standard InChI is InChI=1S/C13H21N3O2/c1-16(2)12-7-5-4-6-11(12)15-10-13(17)14-8-9-18-3/h4-7,15H,8-10H2,1-3H3,(H,14,17). The summed E-state index contributed by atoms with van der Waals surface area (Å²) in [5.41, 5.74) is 2.01. The van der Waals surface area contributed by atoms with Gasteiger partial charge in [-0.3, -0.25) is 4.79 Å². The van der Waals surface area contributed by atoms with Crippen molar-refractivity contribution in [1.82, 2.24) is 5.32 Å². The predicted molar refractivity (Wildman–Crippen MR) is 74.1 cm³/mol. The fraction of sp³-hybridized carbons (Fsp3) is 0.462. The molecule has 5 heteroatoms. The molecule has 0 bridgehead atoms. The molecule has 0 aliphatic rings. The zero-order valence-corrected chi connectivity index (χ0v) is 11.2. The lowest BCUT2D eigenvalue weighted by atomic mass is 10.2. The number of carbonyl (C=O) groups excluding carboxylic acids is 1. The molecule has 1 aromatic rings. The highest BCUT2D eigenvalue weighted by Crippen LogP contribution is 2.22. The summed E-state index contributed by atoms with van der Waals surface area (Å²) in [4.78, 5) is 13.5. The van der Waals surface area contributed by atoms with Gasteiger partial charge in [-0.25, -0.2) is 0 Å². The molecule has 0 unspecified atom stereocenters. The van der Waals surface area contributed by atoms with Gasteiger partial charge in [-0.2, -0.15) is 0 Å². The van der Waals surface area contributed by atoms with Crippen LogP contribution < -0.4 is 15.5 Å². The molecule has 0 aliphatic heterocycles. The molecule has 0 aliphatic carbocycles. The van der Waals surface area contributed by atoms with E-state index in [0.29, 0.717) is 13.2 Å². The van der Waals surface area contributed by atoms with Crippen LogP contribution in [-0.2, 0) is 9.53 Å². The molecule has 0 saturated heterocycles. The highest BCUT2D eigenvalue weighted by atomic mass is 16.5. The van der Waals surface area contributed by atoms with Crippen molar-refractivity contribution in [3.8, 4) is 0 Å². The minimum absolute atomic E-state index is 0.0411. The van der Waals surface area contributed by atoms with Gasteiger partial charge in [-0.15, -0.1) is 0 Å². The van der Waals surface area contributed by atoms with Crippen LogP contribution in [0.1, 0.15) is 0 Å². The maximum atomic E-state index is 11.5. The van der Waals surface area contributed by atoms with Crippen molar-refractivity contribution in [3.05, 3.63) is 24.3 Å². The number of nitrogens with one attached hydrogen (secondary N) is 2. The number of anilines is 2. The highest BCUT2D eigenvalue weighted by Gasteiger charge is 2.05. The number of amides is 1. The number of para-hydroxylation sites is 2. The molecule has 1 aromatic carbocycles. The summed E-state index contributed by atoms with van der Waals surface area (Å²) in [7, 11) is 5.55. The second-order valence-corrected chi connectivity index (χ2v) is 4.11. The molecule has 0 saturated carbocycles. The van der Waals surface area contributed by atoms with Crippen LogP contribution in [0.15, 0.2) is 24.3 Å². The van der Waals surface area contributed by atoms with E-state index < -0.39 is 0 Å². The average Bonchev–Trinajstić information content (AvgIpc) is 2.37. The van der Waals surface area contributed by atoms with Crippen molar-refractivity contribution in [2.24, 2.45) is 0 Å². The van der Waals surface area contributed by atoms with Crippen molar-refractivity contribution in [1.29, 1.82) is 0 Å². The zero-order chi connectivity index (χ0) is 13.4. The Labute approximate surface area is 108 Å². The van der Waals surface area contributed by atoms with Gasteiger partial charge in [0, 0.05) is 27.7 Å². The van der Waals surface area contributed by atoms with E-state index in [4.69, 9.17) is 4.74 Å². The third kappa shape index (κ3) is 4.63. The molecule has 0 atom stereocenters. The van der Waals surface area contributed by atoms with Crippen LogP contribution in [-0.4, -0.2) is 46.8 Å². The maximum Gasteiger partial charge on any atom is 0.239 e. The largest absolute Gasteiger partial charge is 0.383 e. The summed E-state index contributed by atoms with van der Waals surface area (Å²) in [5.74, 6) is -0.0411. The number of benzene rings is 1. The number of carbonyl (C=O) groups is 1. The van der Waals surface area contributed by atoms with E-state index in [1.54, 1.807) is 7.11 Å². The van der Waals surface area contributed by atoms with Crippen molar-refractivity contribution < 1.29 is 9.53 Å². The van der Waals surface area contributed by atoms with E-state index in [9.17, 15) is 4.79 Å². The molecular weight excluding hydrogens is 230 g/mol. The lowest BCUT2D eigenvalue weighted by Gasteiger charge is -2.18. The second kappa shape index (κ2) is 7.55. The maximum absolute atomic E-state index is 11.5. The molecule has 0 fully saturated rings. The first kappa shape index (κ1) is 14.3. The van der Waals surface area contributed by atoms with E-state index in [2.05, 4.69) is 10.6 Å². The van der Waals surface area contributed by atoms with Crippen LogP contribution in [0.4, 0.5) is 11.4 Å². The molecule has 2 N–H and O–H groups in total. The molecule has 1 rings (SSSR count). The summed E-state index contributed by atoms with van der Waals surface area (Å²) in [5, 5.41) is 5.89. The van der Waals surface area contributed by atoms with Gasteiger partial charge in [0.25, 0.3) is 0 Å². The Morgan fingerprint density at radius 1 is 1.33 bits per heavy atom. The fourth-order valence-corrected chi connectivity index (χ4v) is 1.54. The van der Waals surface area contributed by atoms with E-state index in [-0.39, 0.29) is 12.5 Å². The second-order valence-electron chi connectivity index (χ2n) is 4.11. The summed E-state index contributed by atoms with van der Waals surface area (Å²) in [6.07, 6.45) is 0. The van der Waals surface area contributed by atoms with Gasteiger partial charge in [0.15, 0.2) is 0 Å². The number of ether oxygens (including phenoxy) is 1. The summed E-state index contributed by atoms with van der Waals surface area (Å²) in [6.45, 7) is 1.32. The molecule has 100 valence electrons. The SMILES string of the molecule is COCCNC(=O)CNc1ccccc1N(C)C. The van der Waals surface area contributed by atoms with Gasteiger partial charge in [0.2, 0.25) is 5.91 Å². The molecule has 0 spiro atoms. The van der Waals surface area contributed by atoms with Crippen LogP contribution in [0.25, 0.3) is 0 Å². The average molecular weight is 251 g/mol. The van der Waals surface area contributed by atoms with Gasteiger partial charge in [0.05, 0.1) is 24.5 Å². The number of methoxy groups -OCH3 is 1.